The largest absolute Gasteiger partial charge is 0.314 e. The average molecular weight is 231 g/mol. The van der Waals surface area contributed by atoms with Crippen LogP contribution >= 0.6 is 11.8 Å². The molecule has 0 spiro atoms. The van der Waals surface area contributed by atoms with Crippen molar-refractivity contribution in [3.8, 4) is 0 Å². The molecule has 0 saturated heterocycles. The second kappa shape index (κ2) is 10.8. The van der Waals surface area contributed by atoms with Gasteiger partial charge in [0.1, 0.15) is 0 Å². The molecular formula is C13H29NS. The van der Waals surface area contributed by atoms with Crippen molar-refractivity contribution >= 4 is 11.8 Å². The molecule has 0 rings (SSSR count). The summed E-state index contributed by atoms with van der Waals surface area (Å²) in [7, 11) is 0. The summed E-state index contributed by atoms with van der Waals surface area (Å²) in [5.41, 5.74) is 0. The number of rotatable bonds is 10. The van der Waals surface area contributed by atoms with Gasteiger partial charge in [-0.1, -0.05) is 34.1 Å². The Morgan fingerprint density at radius 3 is 2.40 bits per heavy atom. The molecule has 0 bridgehead atoms. The van der Waals surface area contributed by atoms with E-state index in [0.29, 0.717) is 0 Å². The van der Waals surface area contributed by atoms with E-state index in [1.807, 2.05) is 0 Å². The summed E-state index contributed by atoms with van der Waals surface area (Å²) in [5.74, 6) is 3.43. The van der Waals surface area contributed by atoms with Crippen LogP contribution in [-0.2, 0) is 0 Å². The highest BCUT2D eigenvalue weighted by molar-refractivity contribution is 7.99. The number of thioether (sulfide) groups is 1. The molecule has 0 amide bonds. The zero-order valence-electron chi connectivity index (χ0n) is 11.0. The minimum absolute atomic E-state index is 0.752. The topological polar surface area (TPSA) is 12.0 Å². The number of nitrogens with one attached hydrogen (secondary N) is 1. The lowest BCUT2D eigenvalue weighted by Gasteiger charge is -2.19. The predicted molar refractivity (Wildman–Crippen MR) is 73.8 cm³/mol. The molecule has 0 saturated carbocycles. The van der Waals surface area contributed by atoms with E-state index in [1.54, 1.807) is 0 Å². The van der Waals surface area contributed by atoms with E-state index in [0.717, 1.165) is 18.5 Å². The predicted octanol–water partition coefficient (Wildman–Crippen LogP) is 3.93. The fourth-order valence-corrected chi connectivity index (χ4v) is 2.60. The molecule has 92 valence electrons. The van der Waals surface area contributed by atoms with Crippen LogP contribution in [-0.4, -0.2) is 24.1 Å². The maximum Gasteiger partial charge on any atom is 0.00693 e. The number of unbranched alkanes of at least 4 members (excludes halogenated alkanes) is 1. The Balaban J connectivity index is 3.47. The minimum atomic E-state index is 0.752. The Morgan fingerprint density at radius 2 is 1.87 bits per heavy atom. The maximum atomic E-state index is 3.60. The van der Waals surface area contributed by atoms with Crippen LogP contribution in [0.1, 0.15) is 53.4 Å². The van der Waals surface area contributed by atoms with Gasteiger partial charge in [-0.25, -0.2) is 0 Å². The van der Waals surface area contributed by atoms with E-state index in [4.69, 9.17) is 0 Å². The molecule has 0 fully saturated rings. The summed E-state index contributed by atoms with van der Waals surface area (Å²) >= 11 is 2.07. The van der Waals surface area contributed by atoms with Crippen molar-refractivity contribution in [2.24, 2.45) is 5.92 Å². The molecule has 0 radical (unpaired) electrons. The van der Waals surface area contributed by atoms with Crippen molar-refractivity contribution in [3.05, 3.63) is 0 Å². The van der Waals surface area contributed by atoms with E-state index in [2.05, 4.69) is 44.8 Å². The second-order valence-corrected chi connectivity index (χ2v) is 5.97. The third-order valence-electron chi connectivity index (χ3n) is 2.54. The molecule has 1 N–H and O–H groups in total. The van der Waals surface area contributed by atoms with Crippen LogP contribution in [0.15, 0.2) is 0 Å². The van der Waals surface area contributed by atoms with Gasteiger partial charge in [-0.05, 0) is 43.2 Å². The van der Waals surface area contributed by atoms with Gasteiger partial charge in [-0.2, -0.15) is 11.8 Å². The molecule has 0 aliphatic rings. The Hall–Kier alpha value is 0.310. The van der Waals surface area contributed by atoms with Crippen LogP contribution < -0.4 is 5.32 Å². The lowest BCUT2D eigenvalue weighted by atomic mass is 9.99. The number of hydrogen-bond acceptors (Lipinski definition) is 2. The quantitative estimate of drug-likeness (QED) is 0.572. The van der Waals surface area contributed by atoms with Gasteiger partial charge >= 0.3 is 0 Å². The smallest absolute Gasteiger partial charge is 0.00693 e. The molecule has 0 heterocycles. The summed E-state index contributed by atoms with van der Waals surface area (Å²) in [6.45, 7) is 10.2. The first kappa shape index (κ1) is 15.3. The highest BCUT2D eigenvalue weighted by Crippen LogP contribution is 2.12. The summed E-state index contributed by atoms with van der Waals surface area (Å²) in [6, 6.07) is 0.752. The third kappa shape index (κ3) is 10.6. The van der Waals surface area contributed by atoms with Crippen LogP contribution in [0.3, 0.4) is 0 Å². The van der Waals surface area contributed by atoms with Gasteiger partial charge in [-0.15, -0.1) is 0 Å². The molecule has 1 unspecified atom stereocenters. The summed E-state index contributed by atoms with van der Waals surface area (Å²) < 4.78 is 0. The van der Waals surface area contributed by atoms with E-state index in [1.165, 1.54) is 37.2 Å². The van der Waals surface area contributed by atoms with E-state index < -0.39 is 0 Å². The Labute approximate surface area is 101 Å². The molecule has 1 nitrogen and oxygen atoms in total. The Kier molecular flexibility index (Phi) is 11.0. The highest BCUT2D eigenvalue weighted by atomic mass is 32.2. The van der Waals surface area contributed by atoms with Gasteiger partial charge in [0.05, 0.1) is 0 Å². The maximum absolute atomic E-state index is 3.60. The monoisotopic (exact) mass is 231 g/mol. The van der Waals surface area contributed by atoms with Gasteiger partial charge in [0, 0.05) is 6.04 Å². The molecule has 1 atom stereocenters. The molecule has 0 aliphatic carbocycles. The molecule has 0 aromatic rings. The molecule has 0 aromatic carbocycles. The highest BCUT2D eigenvalue weighted by Gasteiger charge is 2.08. The van der Waals surface area contributed by atoms with Gasteiger partial charge in [0.15, 0.2) is 0 Å². The van der Waals surface area contributed by atoms with Crippen LogP contribution in [0.2, 0.25) is 0 Å². The van der Waals surface area contributed by atoms with Crippen LogP contribution in [0.4, 0.5) is 0 Å². The molecular weight excluding hydrogens is 202 g/mol. The van der Waals surface area contributed by atoms with Gasteiger partial charge < -0.3 is 5.32 Å². The first-order valence-corrected chi connectivity index (χ1v) is 7.67. The van der Waals surface area contributed by atoms with Gasteiger partial charge in [0.2, 0.25) is 0 Å². The summed E-state index contributed by atoms with van der Waals surface area (Å²) in [4.78, 5) is 0. The first-order valence-electron chi connectivity index (χ1n) is 6.51. The molecule has 2 heteroatoms. The van der Waals surface area contributed by atoms with Gasteiger partial charge in [0.25, 0.3) is 0 Å². The van der Waals surface area contributed by atoms with Crippen molar-refractivity contribution in [1.29, 1.82) is 0 Å². The fourth-order valence-electron chi connectivity index (χ4n) is 1.90. The van der Waals surface area contributed by atoms with Crippen molar-refractivity contribution in [3.63, 3.8) is 0 Å². The van der Waals surface area contributed by atoms with Crippen molar-refractivity contribution in [2.75, 3.05) is 18.1 Å². The first-order chi connectivity index (χ1) is 7.20. The zero-order chi connectivity index (χ0) is 11.5. The van der Waals surface area contributed by atoms with Crippen molar-refractivity contribution in [2.45, 2.75) is 59.4 Å². The van der Waals surface area contributed by atoms with Gasteiger partial charge in [-0.3, -0.25) is 0 Å². The van der Waals surface area contributed by atoms with E-state index in [9.17, 15) is 0 Å². The number of hydrogen-bond donors (Lipinski definition) is 1. The Bertz CT molecular complexity index is 126. The normalized spacial score (nSPS) is 13.4. The lowest BCUT2D eigenvalue weighted by Crippen LogP contribution is -2.30. The second-order valence-electron chi connectivity index (χ2n) is 4.58. The van der Waals surface area contributed by atoms with Crippen molar-refractivity contribution in [1.82, 2.24) is 5.32 Å². The lowest BCUT2D eigenvalue weighted by molar-refractivity contribution is 0.396. The zero-order valence-corrected chi connectivity index (χ0v) is 11.8. The van der Waals surface area contributed by atoms with Crippen LogP contribution in [0, 0.1) is 5.92 Å². The van der Waals surface area contributed by atoms with Crippen LogP contribution in [0.25, 0.3) is 0 Å². The molecule has 0 aromatic heterocycles. The molecule has 0 aliphatic heterocycles. The van der Waals surface area contributed by atoms with Crippen molar-refractivity contribution < 1.29 is 0 Å². The molecule has 15 heavy (non-hydrogen) atoms. The van der Waals surface area contributed by atoms with E-state index >= 15 is 0 Å². The standard InChI is InChI=1S/C13H29NS/c1-5-14-13(11-12(3)4)9-7-8-10-15-6-2/h12-14H,5-11H2,1-4H3. The summed E-state index contributed by atoms with van der Waals surface area (Å²) in [5, 5.41) is 3.60. The summed E-state index contributed by atoms with van der Waals surface area (Å²) in [6.07, 6.45) is 5.46. The fraction of sp³-hybridized carbons (Fsp3) is 1.00. The van der Waals surface area contributed by atoms with E-state index in [-0.39, 0.29) is 0 Å². The Morgan fingerprint density at radius 1 is 1.13 bits per heavy atom. The average Bonchev–Trinajstić information content (AvgIpc) is 2.17. The third-order valence-corrected chi connectivity index (χ3v) is 3.53. The SMILES string of the molecule is CCNC(CCCCSCC)CC(C)C. The minimum Gasteiger partial charge on any atom is -0.314 e. The van der Waals surface area contributed by atoms with Crippen LogP contribution in [0.5, 0.6) is 0 Å².